The van der Waals surface area contributed by atoms with E-state index in [4.69, 9.17) is 29.1 Å². The van der Waals surface area contributed by atoms with Gasteiger partial charge in [-0.05, 0) is 92.0 Å². The van der Waals surface area contributed by atoms with Crippen LogP contribution in [0.15, 0.2) is 12.2 Å². The fourth-order valence-corrected chi connectivity index (χ4v) is 40.7. The highest BCUT2D eigenvalue weighted by Crippen LogP contribution is 2.42. The first-order valence-electron chi connectivity index (χ1n) is 14.6. The van der Waals surface area contributed by atoms with Gasteiger partial charge >= 0.3 is 57.3 Å². The van der Waals surface area contributed by atoms with Crippen LogP contribution in [-0.4, -0.2) is 65.7 Å². The molecule has 0 spiro atoms. The first-order chi connectivity index (χ1) is 17.5. The maximum atomic E-state index is 12.8. The first kappa shape index (κ1) is 40.5. The molecular formula is C25H62O8Si7. The average molecular weight is 687 g/mol. The highest BCUT2D eigenvalue weighted by molar-refractivity contribution is 6.92. The molecule has 0 N–H and O–H groups in total. The van der Waals surface area contributed by atoms with Gasteiger partial charge in [0, 0.05) is 16.7 Å². The number of hydrogen-bond acceptors (Lipinski definition) is 8. The molecule has 0 radical (unpaired) electrons. The SMILES string of the molecule is C=C(C)C(=O)O[Si](O[Si](C)(C)O[Si](C)(C)O[Si](C)(C)O[Si](C)(C)O[Si](C)(C)O[Si](C)(C)C)(C(C)CC)C(C)CC. The van der Waals surface area contributed by atoms with Crippen LogP contribution in [0.5, 0.6) is 0 Å². The molecular weight excluding hydrogens is 625 g/mol. The lowest BCUT2D eigenvalue weighted by Crippen LogP contribution is -2.63. The van der Waals surface area contributed by atoms with Gasteiger partial charge < -0.3 is 29.1 Å². The Hall–Kier alpha value is 0.488. The number of rotatable bonds is 18. The number of carbonyl (C=O) groups excluding carboxylic acids is 1. The summed E-state index contributed by atoms with van der Waals surface area (Å²) in [5.74, 6) is -0.386. The Kier molecular flexibility index (Phi) is 14.7. The summed E-state index contributed by atoms with van der Waals surface area (Å²) < 4.78 is 46.5. The van der Waals surface area contributed by atoms with Crippen molar-refractivity contribution in [1.29, 1.82) is 0 Å². The molecule has 0 heterocycles. The van der Waals surface area contributed by atoms with Crippen LogP contribution >= 0.6 is 0 Å². The van der Waals surface area contributed by atoms with Crippen molar-refractivity contribution in [2.45, 2.75) is 144 Å². The predicted octanol–water partition coefficient (Wildman–Crippen LogP) is 8.59. The molecule has 0 rings (SSSR count). The van der Waals surface area contributed by atoms with Crippen LogP contribution in [0.25, 0.3) is 0 Å². The summed E-state index contributed by atoms with van der Waals surface area (Å²) in [7, 11) is -17.9. The summed E-state index contributed by atoms with van der Waals surface area (Å²) in [6.45, 7) is 41.1. The molecule has 2 unspecified atom stereocenters. The van der Waals surface area contributed by atoms with E-state index >= 15 is 0 Å². The third kappa shape index (κ3) is 14.3. The quantitative estimate of drug-likeness (QED) is 0.105. The number of carbonyl (C=O) groups is 1. The van der Waals surface area contributed by atoms with Gasteiger partial charge in [-0.1, -0.05) is 47.1 Å². The van der Waals surface area contributed by atoms with Crippen molar-refractivity contribution in [2.75, 3.05) is 0 Å². The van der Waals surface area contributed by atoms with Crippen LogP contribution in [0.2, 0.25) is 96.2 Å². The smallest absolute Gasteiger partial charge is 0.398 e. The summed E-state index contributed by atoms with van der Waals surface area (Å²) >= 11 is 0. The fourth-order valence-electron chi connectivity index (χ4n) is 5.30. The van der Waals surface area contributed by atoms with Crippen molar-refractivity contribution in [3.05, 3.63) is 12.2 Å². The molecule has 0 aliphatic carbocycles. The lowest BCUT2D eigenvalue weighted by Gasteiger charge is -2.46. The highest BCUT2D eigenvalue weighted by Gasteiger charge is 2.56. The molecule has 0 aromatic carbocycles. The lowest BCUT2D eigenvalue weighted by molar-refractivity contribution is -0.132. The first-order valence-corrected chi connectivity index (χ1v) is 34.1. The third-order valence-corrected chi connectivity index (χ3v) is 33.6. The normalized spacial score (nSPS) is 17.2. The summed E-state index contributed by atoms with van der Waals surface area (Å²) in [5, 5.41) is 0. The van der Waals surface area contributed by atoms with Crippen molar-refractivity contribution >= 4 is 65.7 Å². The second kappa shape index (κ2) is 14.5. The van der Waals surface area contributed by atoms with Crippen LogP contribution in [0, 0.1) is 0 Å². The largest absolute Gasteiger partial charge is 0.491 e. The molecule has 0 saturated heterocycles. The maximum absolute atomic E-state index is 12.8. The van der Waals surface area contributed by atoms with Crippen LogP contribution in [-0.2, 0) is 33.9 Å². The van der Waals surface area contributed by atoms with Gasteiger partial charge in [-0.25, -0.2) is 4.79 Å². The molecule has 40 heavy (non-hydrogen) atoms. The van der Waals surface area contributed by atoms with E-state index in [2.05, 4.69) is 93.2 Å². The Labute approximate surface area is 254 Å². The van der Waals surface area contributed by atoms with Gasteiger partial charge in [0.05, 0.1) is 0 Å². The molecule has 0 fully saturated rings. The van der Waals surface area contributed by atoms with E-state index in [0.29, 0.717) is 5.57 Å². The minimum absolute atomic E-state index is 0.0934. The zero-order valence-electron chi connectivity index (χ0n) is 29.0. The predicted molar refractivity (Wildman–Crippen MR) is 183 cm³/mol. The van der Waals surface area contributed by atoms with Crippen molar-refractivity contribution in [3.8, 4) is 0 Å². The second-order valence-corrected chi connectivity index (χ2v) is 41.0. The molecule has 0 bridgehead atoms. The van der Waals surface area contributed by atoms with Crippen LogP contribution in [0.1, 0.15) is 47.5 Å². The molecule has 238 valence electrons. The summed E-state index contributed by atoms with van der Waals surface area (Å²) in [5.41, 5.74) is 0.567. The zero-order valence-corrected chi connectivity index (χ0v) is 36.0. The van der Waals surface area contributed by atoms with Crippen LogP contribution < -0.4 is 0 Å². The second-order valence-electron chi connectivity index (χ2n) is 14.2. The topological polar surface area (TPSA) is 81.7 Å². The fraction of sp³-hybridized carbons (Fsp3) is 0.880. The summed E-state index contributed by atoms with van der Waals surface area (Å²) in [6.07, 6.45) is 1.69. The van der Waals surface area contributed by atoms with Gasteiger partial charge in [0.1, 0.15) is 0 Å². The van der Waals surface area contributed by atoms with E-state index in [1.807, 2.05) is 26.2 Å². The molecule has 15 heteroatoms. The maximum Gasteiger partial charge on any atom is 0.398 e. The Morgan fingerprint density at radius 3 is 1.10 bits per heavy atom. The third-order valence-electron chi connectivity index (χ3n) is 6.12. The van der Waals surface area contributed by atoms with Crippen LogP contribution in [0.4, 0.5) is 0 Å². The molecule has 0 aromatic rings. The van der Waals surface area contributed by atoms with E-state index in [1.165, 1.54) is 0 Å². The van der Waals surface area contributed by atoms with Crippen molar-refractivity contribution in [3.63, 3.8) is 0 Å². The molecule has 0 saturated carbocycles. The van der Waals surface area contributed by atoms with Crippen molar-refractivity contribution in [1.82, 2.24) is 0 Å². The highest BCUT2D eigenvalue weighted by atomic mass is 28.5. The summed E-state index contributed by atoms with van der Waals surface area (Å²) in [6, 6.07) is 0. The van der Waals surface area contributed by atoms with Gasteiger partial charge in [0.2, 0.25) is 0 Å². The Morgan fingerprint density at radius 2 is 0.850 bits per heavy atom. The standard InChI is InChI=1S/C25H62O8Si7/c1-20-23(5)40(24(6)21-2,27-25(26)22(3)4)33-39(18,19)32-38(16,17)31-37(14,15)30-36(12,13)29-35(10,11)28-34(7,8)9/h23-24H,3,20-21H2,1-2,4-19H3. The summed E-state index contributed by atoms with van der Waals surface area (Å²) in [4.78, 5) is 12.8. The molecule has 0 aliphatic heterocycles. The van der Waals surface area contributed by atoms with E-state index in [-0.39, 0.29) is 17.1 Å². The van der Waals surface area contributed by atoms with Gasteiger partial charge in [-0.2, -0.15) is 0 Å². The molecule has 8 nitrogen and oxygen atoms in total. The minimum Gasteiger partial charge on any atom is -0.491 e. The van der Waals surface area contributed by atoms with Crippen LogP contribution in [0.3, 0.4) is 0 Å². The van der Waals surface area contributed by atoms with E-state index in [1.54, 1.807) is 6.92 Å². The van der Waals surface area contributed by atoms with Crippen molar-refractivity contribution in [2.24, 2.45) is 0 Å². The van der Waals surface area contributed by atoms with Gasteiger partial charge in [0.25, 0.3) is 0 Å². The number of hydrogen-bond donors (Lipinski definition) is 0. The molecule has 2 atom stereocenters. The molecule has 0 amide bonds. The van der Waals surface area contributed by atoms with E-state index in [0.717, 1.165) is 12.8 Å². The van der Waals surface area contributed by atoms with Gasteiger partial charge in [-0.3, -0.25) is 0 Å². The van der Waals surface area contributed by atoms with Gasteiger partial charge in [-0.15, -0.1) is 0 Å². The monoisotopic (exact) mass is 686 g/mol. The molecule has 0 aliphatic rings. The Bertz CT molecular complexity index is 847. The van der Waals surface area contributed by atoms with E-state index in [9.17, 15) is 4.79 Å². The zero-order chi connectivity index (χ0) is 32.2. The van der Waals surface area contributed by atoms with E-state index < -0.39 is 59.7 Å². The Morgan fingerprint density at radius 1 is 0.575 bits per heavy atom. The van der Waals surface area contributed by atoms with Crippen molar-refractivity contribution < 1.29 is 33.9 Å². The molecule has 0 aromatic heterocycles. The van der Waals surface area contributed by atoms with Gasteiger partial charge in [0.15, 0.2) is 8.32 Å². The average Bonchev–Trinajstić information content (AvgIpc) is 2.65. The lowest BCUT2D eigenvalue weighted by atomic mass is 10.3. The minimum atomic E-state index is -3.05. The Balaban J connectivity index is 5.94.